The number of hydrogen-bond donors (Lipinski definition) is 0. The smallest absolute Gasteiger partial charge is 0.267 e. The lowest BCUT2D eigenvalue weighted by Crippen LogP contribution is -2.44. The minimum absolute atomic E-state index is 0.0837. The normalized spacial score (nSPS) is 23.1. The van der Waals surface area contributed by atoms with Gasteiger partial charge in [0.25, 0.3) is 5.91 Å². The molecule has 0 aromatic heterocycles. The summed E-state index contributed by atoms with van der Waals surface area (Å²) >= 11 is 1.52. The van der Waals surface area contributed by atoms with E-state index in [1.54, 1.807) is 0 Å². The van der Waals surface area contributed by atoms with Crippen LogP contribution in [0.5, 0.6) is 0 Å². The van der Waals surface area contributed by atoms with Crippen molar-refractivity contribution in [1.29, 1.82) is 0 Å². The fourth-order valence-corrected chi connectivity index (χ4v) is 6.51. The molecule has 4 aromatic rings. The maximum Gasteiger partial charge on any atom is 0.267 e. The van der Waals surface area contributed by atoms with Gasteiger partial charge in [-0.1, -0.05) is 86.5 Å². The highest BCUT2D eigenvalue weighted by Crippen LogP contribution is 2.41. The molecular formula is C31H28N2OS. The van der Waals surface area contributed by atoms with E-state index in [4.69, 9.17) is 4.99 Å². The zero-order valence-electron chi connectivity index (χ0n) is 19.9. The molecule has 0 unspecified atom stereocenters. The molecule has 1 heterocycles. The first-order chi connectivity index (χ1) is 17.2. The fourth-order valence-electron chi connectivity index (χ4n) is 5.49. The monoisotopic (exact) mass is 476 g/mol. The molecule has 1 saturated carbocycles. The second kappa shape index (κ2) is 9.35. The van der Waals surface area contributed by atoms with Gasteiger partial charge in [-0.3, -0.25) is 9.69 Å². The Morgan fingerprint density at radius 2 is 1.49 bits per heavy atom. The molecule has 1 aliphatic heterocycles. The molecule has 2 atom stereocenters. The lowest BCUT2D eigenvalue weighted by Gasteiger charge is -2.35. The average molecular weight is 477 g/mol. The predicted molar refractivity (Wildman–Crippen MR) is 149 cm³/mol. The van der Waals surface area contributed by atoms with Gasteiger partial charge < -0.3 is 0 Å². The van der Waals surface area contributed by atoms with E-state index in [-0.39, 0.29) is 11.9 Å². The van der Waals surface area contributed by atoms with Crippen LogP contribution < -0.4 is 0 Å². The van der Waals surface area contributed by atoms with Crippen molar-refractivity contribution in [2.24, 2.45) is 10.9 Å². The first-order valence-corrected chi connectivity index (χ1v) is 13.3. The first-order valence-electron chi connectivity index (χ1n) is 12.5. The molecule has 2 fully saturated rings. The van der Waals surface area contributed by atoms with Gasteiger partial charge >= 0.3 is 0 Å². The van der Waals surface area contributed by atoms with Crippen molar-refractivity contribution in [3.63, 3.8) is 0 Å². The quantitative estimate of drug-likeness (QED) is 0.221. The van der Waals surface area contributed by atoms with E-state index in [2.05, 4.69) is 67.6 Å². The highest BCUT2D eigenvalue weighted by molar-refractivity contribution is 8.18. The van der Waals surface area contributed by atoms with E-state index in [1.165, 1.54) is 29.0 Å². The Morgan fingerprint density at radius 3 is 2.17 bits per heavy atom. The van der Waals surface area contributed by atoms with Gasteiger partial charge in [0.1, 0.15) is 0 Å². The van der Waals surface area contributed by atoms with Gasteiger partial charge in [0.15, 0.2) is 5.17 Å². The molecule has 2 aliphatic rings. The lowest BCUT2D eigenvalue weighted by atomic mass is 9.85. The van der Waals surface area contributed by atoms with Crippen LogP contribution in [0.15, 0.2) is 94.8 Å². The molecule has 1 aliphatic carbocycles. The largest absolute Gasteiger partial charge is 0.283 e. The summed E-state index contributed by atoms with van der Waals surface area (Å²) in [5, 5.41) is 5.50. The van der Waals surface area contributed by atoms with Crippen molar-refractivity contribution < 1.29 is 4.79 Å². The summed E-state index contributed by atoms with van der Waals surface area (Å²) in [7, 11) is 0. The van der Waals surface area contributed by atoms with E-state index in [0.717, 1.165) is 51.4 Å². The van der Waals surface area contributed by atoms with Crippen LogP contribution in [0.25, 0.3) is 27.6 Å². The van der Waals surface area contributed by atoms with Gasteiger partial charge in [0.05, 0.1) is 10.6 Å². The van der Waals surface area contributed by atoms with E-state index in [1.807, 2.05) is 35.2 Å². The number of carbonyl (C=O) groups is 1. The SMILES string of the molecule is C[C@@H]1CCCC[C@H]1N1C(=O)/C(=C/c2c3ccccc3cc3ccccc23)SC1=Nc1ccccc1. The Kier molecular flexibility index (Phi) is 5.91. The molecule has 0 radical (unpaired) electrons. The number of para-hydroxylation sites is 1. The number of aliphatic imine (C=N–C) groups is 1. The van der Waals surface area contributed by atoms with Crippen LogP contribution in [-0.4, -0.2) is 22.0 Å². The van der Waals surface area contributed by atoms with Crippen LogP contribution in [-0.2, 0) is 4.79 Å². The third-order valence-corrected chi connectivity index (χ3v) is 8.29. The van der Waals surface area contributed by atoms with Gasteiger partial charge in [0.2, 0.25) is 0 Å². The Balaban J connectivity index is 1.51. The first kappa shape index (κ1) is 22.1. The second-order valence-electron chi connectivity index (χ2n) is 9.58. The second-order valence-corrected chi connectivity index (χ2v) is 10.6. The molecule has 1 saturated heterocycles. The molecule has 35 heavy (non-hydrogen) atoms. The summed E-state index contributed by atoms with van der Waals surface area (Å²) in [6, 6.07) is 29.3. The third-order valence-electron chi connectivity index (χ3n) is 7.30. The van der Waals surface area contributed by atoms with Crippen LogP contribution in [0.2, 0.25) is 0 Å². The van der Waals surface area contributed by atoms with Crippen LogP contribution in [0.1, 0.15) is 38.2 Å². The van der Waals surface area contributed by atoms with Gasteiger partial charge in [-0.25, -0.2) is 4.99 Å². The molecule has 4 heteroatoms. The Morgan fingerprint density at radius 1 is 0.857 bits per heavy atom. The van der Waals surface area contributed by atoms with E-state index < -0.39 is 0 Å². The minimum atomic E-state index is 0.0837. The average Bonchev–Trinajstić information content (AvgIpc) is 3.19. The summed E-state index contributed by atoms with van der Waals surface area (Å²) in [5.74, 6) is 0.549. The molecule has 4 aromatic carbocycles. The van der Waals surface area contributed by atoms with Crippen LogP contribution in [0.3, 0.4) is 0 Å². The Labute approximate surface area is 210 Å². The molecule has 0 N–H and O–H groups in total. The molecule has 6 rings (SSSR count). The van der Waals surface area contributed by atoms with E-state index in [9.17, 15) is 4.79 Å². The highest BCUT2D eigenvalue weighted by atomic mass is 32.2. The van der Waals surface area contributed by atoms with Gasteiger partial charge in [-0.15, -0.1) is 0 Å². The van der Waals surface area contributed by atoms with Gasteiger partial charge in [-0.2, -0.15) is 0 Å². The van der Waals surface area contributed by atoms with Crippen molar-refractivity contribution in [3.8, 4) is 0 Å². The molecule has 174 valence electrons. The van der Waals surface area contributed by atoms with Crippen LogP contribution in [0.4, 0.5) is 5.69 Å². The minimum Gasteiger partial charge on any atom is -0.283 e. The van der Waals surface area contributed by atoms with Crippen molar-refractivity contribution >= 4 is 56.1 Å². The number of amidine groups is 1. The summed E-state index contributed by atoms with van der Waals surface area (Å²) in [4.78, 5) is 21.7. The van der Waals surface area contributed by atoms with Gasteiger partial charge in [-0.05, 0) is 81.9 Å². The fraction of sp³-hybridized carbons (Fsp3) is 0.226. The number of carbonyl (C=O) groups excluding carboxylic acids is 1. The molecule has 3 nitrogen and oxygen atoms in total. The lowest BCUT2D eigenvalue weighted by molar-refractivity contribution is -0.124. The maximum atomic E-state index is 14.0. The summed E-state index contributed by atoms with van der Waals surface area (Å²) in [6.07, 6.45) is 6.69. The maximum absolute atomic E-state index is 14.0. The number of fused-ring (bicyclic) bond motifs is 2. The molecule has 0 bridgehead atoms. The zero-order chi connectivity index (χ0) is 23.8. The number of rotatable bonds is 3. The van der Waals surface area contributed by atoms with Crippen molar-refractivity contribution in [2.45, 2.75) is 38.6 Å². The topological polar surface area (TPSA) is 32.7 Å². The van der Waals surface area contributed by atoms with Crippen molar-refractivity contribution in [3.05, 3.63) is 95.4 Å². The number of thioether (sulfide) groups is 1. The van der Waals surface area contributed by atoms with Gasteiger partial charge in [0, 0.05) is 6.04 Å². The number of benzene rings is 4. The zero-order valence-corrected chi connectivity index (χ0v) is 20.7. The Hall–Kier alpha value is -3.37. The summed E-state index contributed by atoms with van der Waals surface area (Å²) in [6.45, 7) is 2.28. The van der Waals surface area contributed by atoms with Crippen LogP contribution in [0, 0.1) is 5.92 Å². The summed E-state index contributed by atoms with van der Waals surface area (Å²) in [5.41, 5.74) is 1.99. The standard InChI is InChI=1S/C31H28N2OS/c1-21-11-5-10-18-28(21)33-30(34)29(35-31(33)32-24-14-3-2-4-15-24)20-27-25-16-8-6-12-22(25)19-23-13-7-9-17-26(23)27/h2-4,6-9,12-17,19-21,28H,5,10-11,18H2,1H3/b29-20-,32-31?/t21-,28-/m1/s1. The third kappa shape index (κ3) is 4.17. The number of hydrogen-bond acceptors (Lipinski definition) is 3. The Bertz CT molecular complexity index is 1420. The van der Waals surface area contributed by atoms with Crippen molar-refractivity contribution in [2.75, 3.05) is 0 Å². The molecule has 1 amide bonds. The highest BCUT2D eigenvalue weighted by Gasteiger charge is 2.41. The van der Waals surface area contributed by atoms with E-state index in [0.29, 0.717) is 5.92 Å². The number of amides is 1. The molecule has 0 spiro atoms. The van der Waals surface area contributed by atoms with Crippen molar-refractivity contribution in [1.82, 2.24) is 4.90 Å². The summed E-state index contributed by atoms with van der Waals surface area (Å²) < 4.78 is 0. The van der Waals surface area contributed by atoms with Crippen LogP contribution >= 0.6 is 11.8 Å². The van der Waals surface area contributed by atoms with E-state index >= 15 is 0 Å². The predicted octanol–water partition coefficient (Wildman–Crippen LogP) is 8.18. The molecular weight excluding hydrogens is 448 g/mol. The number of nitrogens with zero attached hydrogens (tertiary/aromatic N) is 2.